The molecule has 160 valence electrons. The summed E-state index contributed by atoms with van der Waals surface area (Å²) >= 11 is 7.24. The number of hydrogen-bond donors (Lipinski definition) is 2. The average molecular weight is 454 g/mol. The number of rotatable bonds is 5. The van der Waals surface area contributed by atoms with Crippen LogP contribution in [0, 0.1) is 6.92 Å². The summed E-state index contributed by atoms with van der Waals surface area (Å²) in [6, 6.07) is 13.5. The Labute approximate surface area is 190 Å². The second kappa shape index (κ2) is 8.52. The van der Waals surface area contributed by atoms with Gasteiger partial charge in [0.1, 0.15) is 0 Å². The van der Waals surface area contributed by atoms with Crippen molar-refractivity contribution in [1.29, 1.82) is 0 Å². The number of halogens is 1. The van der Waals surface area contributed by atoms with Gasteiger partial charge in [0.2, 0.25) is 5.91 Å². The van der Waals surface area contributed by atoms with Gasteiger partial charge in [-0.1, -0.05) is 67.5 Å². The number of amides is 1. The number of carbonyl (C=O) groups is 1. The molecule has 2 aromatic carbocycles. The normalized spacial score (nSPS) is 17.0. The van der Waals surface area contributed by atoms with Crippen LogP contribution in [-0.4, -0.2) is 21.6 Å². The Balaban J connectivity index is 1.60. The Morgan fingerprint density at radius 2 is 2.06 bits per heavy atom. The number of benzene rings is 2. The van der Waals surface area contributed by atoms with Crippen LogP contribution in [0.1, 0.15) is 37.0 Å². The van der Waals surface area contributed by atoms with Crippen molar-refractivity contribution in [2.45, 2.75) is 44.2 Å². The molecule has 0 unspecified atom stereocenters. The first-order chi connectivity index (χ1) is 14.8. The first-order valence-electron chi connectivity index (χ1n) is 10.2. The third-order valence-electron chi connectivity index (χ3n) is 5.95. The summed E-state index contributed by atoms with van der Waals surface area (Å²) in [7, 11) is 0. The van der Waals surface area contributed by atoms with Crippen molar-refractivity contribution >= 4 is 35.0 Å². The zero-order valence-electron chi connectivity index (χ0n) is 17.7. The zero-order chi connectivity index (χ0) is 22.2. The van der Waals surface area contributed by atoms with Crippen LogP contribution in [0.2, 0.25) is 5.02 Å². The molecule has 0 radical (unpaired) electrons. The number of nitrogens with zero attached hydrogens (tertiary/aromatic N) is 1. The number of H-pyrrole nitrogens is 1. The first kappa shape index (κ1) is 21.7. The Kier molecular flexibility index (Phi) is 5.95. The number of aromatic amines is 1. The molecule has 0 fully saturated rings. The highest BCUT2D eigenvalue weighted by molar-refractivity contribution is 7.99. The second-order valence-electron chi connectivity index (χ2n) is 8.14. The van der Waals surface area contributed by atoms with Gasteiger partial charge in [-0.15, -0.1) is 0 Å². The molecule has 0 bridgehead atoms. The van der Waals surface area contributed by atoms with Crippen LogP contribution in [0.5, 0.6) is 0 Å². The summed E-state index contributed by atoms with van der Waals surface area (Å²) in [5.41, 5.74) is 4.86. The molecule has 0 saturated carbocycles. The lowest BCUT2D eigenvalue weighted by Crippen LogP contribution is -2.36. The third kappa shape index (κ3) is 4.27. The van der Waals surface area contributed by atoms with E-state index in [1.54, 1.807) is 12.1 Å². The van der Waals surface area contributed by atoms with Gasteiger partial charge in [-0.25, -0.2) is 4.98 Å². The Bertz CT molecular complexity index is 1220. The molecule has 3 aromatic rings. The van der Waals surface area contributed by atoms with E-state index in [-0.39, 0.29) is 22.6 Å². The lowest BCUT2D eigenvalue weighted by atomic mass is 9.69. The van der Waals surface area contributed by atoms with Crippen LogP contribution in [-0.2, 0) is 16.6 Å². The molecule has 2 N–H and O–H groups in total. The van der Waals surface area contributed by atoms with Gasteiger partial charge in [0.15, 0.2) is 5.16 Å². The van der Waals surface area contributed by atoms with Crippen molar-refractivity contribution in [2.75, 3.05) is 11.1 Å². The van der Waals surface area contributed by atoms with Crippen molar-refractivity contribution in [3.8, 4) is 11.3 Å². The quantitative estimate of drug-likeness (QED) is 0.403. The van der Waals surface area contributed by atoms with E-state index in [9.17, 15) is 9.59 Å². The lowest BCUT2D eigenvalue weighted by molar-refractivity contribution is -0.113. The maximum Gasteiger partial charge on any atom is 0.255 e. The van der Waals surface area contributed by atoms with Gasteiger partial charge in [0.05, 0.1) is 11.4 Å². The summed E-state index contributed by atoms with van der Waals surface area (Å²) in [5.74, 6) is -0.0602. The summed E-state index contributed by atoms with van der Waals surface area (Å²) in [6.45, 7) is 6.12. The van der Waals surface area contributed by atoms with E-state index < -0.39 is 0 Å². The van der Waals surface area contributed by atoms with Gasteiger partial charge < -0.3 is 10.3 Å². The molecule has 1 heterocycles. The van der Waals surface area contributed by atoms with Crippen molar-refractivity contribution in [2.24, 2.45) is 0 Å². The number of hydrogen-bond acceptors (Lipinski definition) is 4. The van der Waals surface area contributed by atoms with Crippen LogP contribution >= 0.6 is 23.4 Å². The van der Waals surface area contributed by atoms with Gasteiger partial charge in [-0.3, -0.25) is 9.59 Å². The largest absolute Gasteiger partial charge is 0.325 e. The number of anilines is 1. The van der Waals surface area contributed by atoms with Crippen LogP contribution in [0.15, 0.2) is 52.4 Å². The third-order valence-corrected chi connectivity index (χ3v) is 7.06. The summed E-state index contributed by atoms with van der Waals surface area (Å²) in [6.07, 6.45) is 1.65. The van der Waals surface area contributed by atoms with Gasteiger partial charge in [0, 0.05) is 27.3 Å². The molecule has 1 amide bonds. The molecule has 0 spiro atoms. The molecular weight excluding hydrogens is 430 g/mol. The smallest absolute Gasteiger partial charge is 0.255 e. The molecule has 31 heavy (non-hydrogen) atoms. The highest BCUT2D eigenvalue weighted by Gasteiger charge is 2.37. The molecule has 1 aromatic heterocycles. The van der Waals surface area contributed by atoms with Gasteiger partial charge in [-0.05, 0) is 43.0 Å². The monoisotopic (exact) mass is 453 g/mol. The first-order valence-corrected chi connectivity index (χ1v) is 11.6. The minimum absolute atomic E-state index is 0.125. The SMILES string of the molecule is CC[C@]1(C)Cc2ccccc2-c2nc(SCC(=O)Nc3cc(Cl)ccc3C)[nH]c(=O)c21. The molecule has 0 aliphatic heterocycles. The van der Waals surface area contributed by atoms with Crippen molar-refractivity contribution in [3.05, 3.63) is 74.5 Å². The van der Waals surface area contributed by atoms with Gasteiger partial charge in [0.25, 0.3) is 5.56 Å². The predicted octanol–water partition coefficient (Wildman–Crippen LogP) is 5.35. The maximum absolute atomic E-state index is 13.1. The molecule has 0 saturated heterocycles. The van der Waals surface area contributed by atoms with Crippen molar-refractivity contribution in [3.63, 3.8) is 0 Å². The van der Waals surface area contributed by atoms with E-state index in [0.717, 1.165) is 35.2 Å². The fraction of sp³-hybridized carbons (Fsp3) is 0.292. The number of aromatic nitrogens is 2. The average Bonchev–Trinajstić information content (AvgIpc) is 2.74. The highest BCUT2D eigenvalue weighted by atomic mass is 35.5. The van der Waals surface area contributed by atoms with E-state index >= 15 is 0 Å². The fourth-order valence-electron chi connectivity index (χ4n) is 4.04. The molecule has 1 aliphatic carbocycles. The topological polar surface area (TPSA) is 74.8 Å². The Morgan fingerprint density at radius 3 is 2.84 bits per heavy atom. The number of nitrogens with one attached hydrogen (secondary N) is 2. The standard InChI is InChI=1S/C24H24ClN3O2S/c1-4-24(3)12-15-7-5-6-8-17(15)21-20(24)22(30)28-23(27-21)31-13-19(29)26-18-11-16(25)10-9-14(18)2/h5-11H,4,12-13H2,1-3H3,(H,26,29)(H,27,28,30)/t24-/m1/s1. The van der Waals surface area contributed by atoms with E-state index in [0.29, 0.717) is 15.9 Å². The van der Waals surface area contributed by atoms with Crippen molar-refractivity contribution < 1.29 is 4.79 Å². The molecule has 1 aliphatic rings. The van der Waals surface area contributed by atoms with E-state index in [1.807, 2.05) is 31.2 Å². The van der Waals surface area contributed by atoms with Crippen LogP contribution in [0.4, 0.5) is 5.69 Å². The molecule has 7 heteroatoms. The van der Waals surface area contributed by atoms with Crippen LogP contribution in [0.25, 0.3) is 11.3 Å². The Hall–Kier alpha value is -2.57. The maximum atomic E-state index is 13.1. The zero-order valence-corrected chi connectivity index (χ0v) is 19.3. The molecule has 1 atom stereocenters. The van der Waals surface area contributed by atoms with Gasteiger partial charge in [-0.2, -0.15) is 0 Å². The fourth-order valence-corrected chi connectivity index (χ4v) is 4.87. The molecule has 4 rings (SSSR count). The van der Waals surface area contributed by atoms with E-state index in [1.165, 1.54) is 17.3 Å². The second-order valence-corrected chi connectivity index (χ2v) is 9.54. The van der Waals surface area contributed by atoms with Crippen molar-refractivity contribution in [1.82, 2.24) is 9.97 Å². The lowest BCUT2D eigenvalue weighted by Gasteiger charge is -2.34. The number of carbonyl (C=O) groups excluding carboxylic acids is 1. The van der Waals surface area contributed by atoms with Crippen LogP contribution < -0.4 is 10.9 Å². The highest BCUT2D eigenvalue weighted by Crippen LogP contribution is 2.42. The number of fused-ring (bicyclic) bond motifs is 3. The number of aryl methyl sites for hydroxylation is 1. The van der Waals surface area contributed by atoms with Gasteiger partial charge >= 0.3 is 0 Å². The van der Waals surface area contributed by atoms with E-state index in [2.05, 4.69) is 30.2 Å². The summed E-state index contributed by atoms with van der Waals surface area (Å²) in [5, 5.41) is 3.88. The minimum atomic E-state index is -0.269. The summed E-state index contributed by atoms with van der Waals surface area (Å²) in [4.78, 5) is 33.2. The summed E-state index contributed by atoms with van der Waals surface area (Å²) < 4.78 is 0. The van der Waals surface area contributed by atoms with Crippen LogP contribution in [0.3, 0.4) is 0 Å². The number of thioether (sulfide) groups is 1. The minimum Gasteiger partial charge on any atom is -0.325 e. The molecule has 5 nitrogen and oxygen atoms in total. The molecular formula is C24H24ClN3O2S. The predicted molar refractivity (Wildman–Crippen MR) is 127 cm³/mol. The van der Waals surface area contributed by atoms with E-state index in [4.69, 9.17) is 16.6 Å². The Morgan fingerprint density at radius 1 is 1.29 bits per heavy atom.